The molecule has 156 valence electrons. The second kappa shape index (κ2) is 9.00. The van der Waals surface area contributed by atoms with Crippen molar-refractivity contribution >= 4 is 27.3 Å². The van der Waals surface area contributed by atoms with Crippen molar-refractivity contribution in [2.75, 3.05) is 16.6 Å². The highest BCUT2D eigenvalue weighted by Gasteiger charge is 2.16. The van der Waals surface area contributed by atoms with Gasteiger partial charge in [-0.3, -0.25) is 9.52 Å². The molecule has 0 aliphatic carbocycles. The minimum absolute atomic E-state index is 0.110. The number of sulfonamides is 1. The second-order valence-corrected chi connectivity index (χ2v) is 8.68. The first-order valence-corrected chi connectivity index (χ1v) is 10.9. The van der Waals surface area contributed by atoms with E-state index < -0.39 is 10.0 Å². The van der Waals surface area contributed by atoms with Crippen LogP contribution in [0, 0.1) is 20.8 Å². The van der Waals surface area contributed by atoms with Crippen molar-refractivity contribution in [1.29, 1.82) is 0 Å². The number of nitrogens with one attached hydrogen (secondary N) is 2. The molecule has 1 amide bonds. The molecule has 3 aromatic carbocycles. The number of para-hydroxylation sites is 2. The number of hydrogen-bond acceptors (Lipinski definition) is 4. The van der Waals surface area contributed by atoms with Gasteiger partial charge in [0, 0.05) is 5.69 Å². The van der Waals surface area contributed by atoms with Crippen molar-refractivity contribution in [3.8, 4) is 5.75 Å². The van der Waals surface area contributed by atoms with E-state index in [1.165, 1.54) is 12.1 Å². The molecule has 7 heteroatoms. The molecule has 6 nitrogen and oxygen atoms in total. The highest BCUT2D eigenvalue weighted by Crippen LogP contribution is 2.24. The standard InChI is InChI=1S/C23H24N2O4S/c1-16-7-4-5-10-21(16)29-15-22(26)24-19-11-13-20(14-12-19)30(27,28)25-23-17(2)8-6-9-18(23)3/h4-14,25H,15H2,1-3H3,(H,24,26). The third-order valence-corrected chi connectivity index (χ3v) is 5.98. The van der Waals surface area contributed by atoms with Crippen LogP contribution in [0.25, 0.3) is 0 Å². The maximum absolute atomic E-state index is 12.7. The van der Waals surface area contributed by atoms with E-state index in [1.807, 2.05) is 57.2 Å². The van der Waals surface area contributed by atoms with Crippen LogP contribution in [0.4, 0.5) is 11.4 Å². The first-order chi connectivity index (χ1) is 14.3. The van der Waals surface area contributed by atoms with E-state index >= 15 is 0 Å². The Hall–Kier alpha value is -3.32. The van der Waals surface area contributed by atoms with Gasteiger partial charge < -0.3 is 10.1 Å². The second-order valence-electron chi connectivity index (χ2n) is 7.00. The average molecular weight is 425 g/mol. The summed E-state index contributed by atoms with van der Waals surface area (Å²) in [6.45, 7) is 5.46. The SMILES string of the molecule is Cc1ccccc1OCC(=O)Nc1ccc(S(=O)(=O)Nc2c(C)cccc2C)cc1. The molecule has 0 fully saturated rings. The van der Waals surface area contributed by atoms with Gasteiger partial charge in [-0.1, -0.05) is 36.4 Å². The van der Waals surface area contributed by atoms with E-state index in [1.54, 1.807) is 18.2 Å². The van der Waals surface area contributed by atoms with Crippen molar-refractivity contribution in [1.82, 2.24) is 0 Å². The zero-order valence-electron chi connectivity index (χ0n) is 17.1. The van der Waals surface area contributed by atoms with E-state index in [4.69, 9.17) is 4.74 Å². The fourth-order valence-corrected chi connectivity index (χ4v) is 4.15. The number of hydrogen-bond donors (Lipinski definition) is 2. The molecule has 0 aliphatic rings. The van der Waals surface area contributed by atoms with Gasteiger partial charge in [-0.15, -0.1) is 0 Å². The Morgan fingerprint density at radius 3 is 2.07 bits per heavy atom. The zero-order chi connectivity index (χ0) is 21.7. The lowest BCUT2D eigenvalue weighted by Crippen LogP contribution is -2.20. The van der Waals surface area contributed by atoms with Gasteiger partial charge in [0.25, 0.3) is 15.9 Å². The molecule has 0 unspecified atom stereocenters. The minimum Gasteiger partial charge on any atom is -0.483 e. The Kier molecular flexibility index (Phi) is 6.42. The third-order valence-electron chi connectivity index (χ3n) is 4.62. The molecule has 0 radical (unpaired) electrons. The Morgan fingerprint density at radius 2 is 1.43 bits per heavy atom. The average Bonchev–Trinajstić information content (AvgIpc) is 2.71. The number of aryl methyl sites for hydroxylation is 3. The lowest BCUT2D eigenvalue weighted by Gasteiger charge is -2.13. The number of anilines is 2. The Balaban J connectivity index is 1.64. The van der Waals surface area contributed by atoms with Crippen LogP contribution < -0.4 is 14.8 Å². The fraction of sp³-hybridized carbons (Fsp3) is 0.174. The van der Waals surface area contributed by atoms with E-state index in [9.17, 15) is 13.2 Å². The number of carbonyl (C=O) groups excluding carboxylic acids is 1. The summed E-state index contributed by atoms with van der Waals surface area (Å²) >= 11 is 0. The van der Waals surface area contributed by atoms with Gasteiger partial charge in [0.1, 0.15) is 5.75 Å². The lowest BCUT2D eigenvalue weighted by molar-refractivity contribution is -0.118. The van der Waals surface area contributed by atoms with E-state index in [0.29, 0.717) is 17.1 Å². The molecule has 0 saturated heterocycles. The van der Waals surface area contributed by atoms with Crippen LogP contribution in [0.2, 0.25) is 0 Å². The molecule has 3 aromatic rings. The van der Waals surface area contributed by atoms with Crippen molar-refractivity contribution in [2.45, 2.75) is 25.7 Å². The van der Waals surface area contributed by atoms with Crippen molar-refractivity contribution < 1.29 is 17.9 Å². The first kappa shape index (κ1) is 21.4. The third kappa shape index (κ3) is 5.18. The summed E-state index contributed by atoms with van der Waals surface area (Å²) in [4.78, 5) is 12.2. The molecule has 0 aliphatic heterocycles. The van der Waals surface area contributed by atoms with Crippen molar-refractivity contribution in [3.05, 3.63) is 83.4 Å². The van der Waals surface area contributed by atoms with Crippen LogP contribution >= 0.6 is 0 Å². The normalized spacial score (nSPS) is 11.0. The first-order valence-electron chi connectivity index (χ1n) is 9.43. The summed E-state index contributed by atoms with van der Waals surface area (Å²) in [5.41, 5.74) is 3.69. The molecule has 0 heterocycles. The fourth-order valence-electron chi connectivity index (χ4n) is 2.94. The largest absolute Gasteiger partial charge is 0.483 e. The summed E-state index contributed by atoms with van der Waals surface area (Å²) in [6.07, 6.45) is 0. The minimum atomic E-state index is -3.74. The number of amides is 1. The predicted molar refractivity (Wildman–Crippen MR) is 118 cm³/mol. The Labute approximate surface area is 177 Å². The number of rotatable bonds is 7. The molecule has 30 heavy (non-hydrogen) atoms. The van der Waals surface area contributed by atoms with E-state index in [0.717, 1.165) is 16.7 Å². The molecule has 0 atom stereocenters. The van der Waals surface area contributed by atoms with Gasteiger partial charge in [0.2, 0.25) is 0 Å². The summed E-state index contributed by atoms with van der Waals surface area (Å²) in [6, 6.07) is 19.0. The van der Waals surface area contributed by atoms with Crippen LogP contribution in [0.3, 0.4) is 0 Å². The maximum atomic E-state index is 12.7. The van der Waals surface area contributed by atoms with Crippen molar-refractivity contribution in [3.63, 3.8) is 0 Å². The van der Waals surface area contributed by atoms with Crippen LogP contribution in [0.15, 0.2) is 71.6 Å². The topological polar surface area (TPSA) is 84.5 Å². The van der Waals surface area contributed by atoms with Gasteiger partial charge in [0.05, 0.1) is 10.6 Å². The molecule has 0 aromatic heterocycles. The number of carbonyl (C=O) groups is 1. The molecule has 2 N–H and O–H groups in total. The summed E-state index contributed by atoms with van der Waals surface area (Å²) in [5.74, 6) is 0.314. The molecular formula is C23H24N2O4S. The summed E-state index contributed by atoms with van der Waals surface area (Å²) < 4.78 is 33.6. The van der Waals surface area contributed by atoms with Crippen LogP contribution in [-0.4, -0.2) is 20.9 Å². The Bertz CT molecular complexity index is 1140. The van der Waals surface area contributed by atoms with Gasteiger partial charge in [-0.05, 0) is 67.8 Å². The molecule has 0 saturated carbocycles. The number of benzene rings is 3. The highest BCUT2D eigenvalue weighted by molar-refractivity contribution is 7.92. The molecule has 3 rings (SSSR count). The quantitative estimate of drug-likeness (QED) is 0.588. The summed E-state index contributed by atoms with van der Waals surface area (Å²) in [7, 11) is -3.74. The molecule has 0 spiro atoms. The smallest absolute Gasteiger partial charge is 0.262 e. The monoisotopic (exact) mass is 424 g/mol. The van der Waals surface area contributed by atoms with Crippen LogP contribution in [0.1, 0.15) is 16.7 Å². The zero-order valence-corrected chi connectivity index (χ0v) is 17.9. The van der Waals surface area contributed by atoms with Gasteiger partial charge >= 0.3 is 0 Å². The van der Waals surface area contributed by atoms with Crippen LogP contribution in [0.5, 0.6) is 5.75 Å². The van der Waals surface area contributed by atoms with Crippen molar-refractivity contribution in [2.24, 2.45) is 0 Å². The lowest BCUT2D eigenvalue weighted by atomic mass is 10.1. The predicted octanol–water partition coefficient (Wildman–Crippen LogP) is 4.43. The summed E-state index contributed by atoms with van der Waals surface area (Å²) in [5, 5.41) is 2.70. The molecular weight excluding hydrogens is 400 g/mol. The van der Waals surface area contributed by atoms with E-state index in [2.05, 4.69) is 10.0 Å². The highest BCUT2D eigenvalue weighted by atomic mass is 32.2. The van der Waals surface area contributed by atoms with Crippen LogP contribution in [-0.2, 0) is 14.8 Å². The van der Waals surface area contributed by atoms with Gasteiger partial charge in [-0.25, -0.2) is 8.42 Å². The number of ether oxygens (including phenoxy) is 1. The molecule has 0 bridgehead atoms. The van der Waals surface area contributed by atoms with Gasteiger partial charge in [0.15, 0.2) is 6.61 Å². The van der Waals surface area contributed by atoms with E-state index in [-0.39, 0.29) is 17.4 Å². The maximum Gasteiger partial charge on any atom is 0.262 e. The van der Waals surface area contributed by atoms with Gasteiger partial charge in [-0.2, -0.15) is 0 Å². The Morgan fingerprint density at radius 1 is 0.833 bits per heavy atom.